The Bertz CT molecular complexity index is 530. The highest BCUT2D eigenvalue weighted by molar-refractivity contribution is 6.42. The lowest BCUT2D eigenvalue weighted by Gasteiger charge is -2.37. The van der Waals surface area contributed by atoms with Crippen molar-refractivity contribution >= 4 is 40.8 Å². The van der Waals surface area contributed by atoms with Crippen LogP contribution in [0.15, 0.2) is 18.2 Å². The van der Waals surface area contributed by atoms with Crippen molar-refractivity contribution in [3.05, 3.63) is 28.2 Å². The molecule has 2 N–H and O–H groups in total. The molecule has 1 aliphatic heterocycles. The predicted molar refractivity (Wildman–Crippen MR) is 77.3 cm³/mol. The lowest BCUT2D eigenvalue weighted by molar-refractivity contribution is -0.139. The summed E-state index contributed by atoms with van der Waals surface area (Å²) in [5.74, 6) is -0.808. The Morgan fingerprint density at radius 3 is 2.60 bits per heavy atom. The van der Waals surface area contributed by atoms with E-state index in [1.165, 1.54) is 0 Å². The van der Waals surface area contributed by atoms with Gasteiger partial charge in [-0.15, -0.1) is 0 Å². The molecule has 20 heavy (non-hydrogen) atoms. The second kappa shape index (κ2) is 6.43. The van der Waals surface area contributed by atoms with Crippen LogP contribution in [-0.2, 0) is 9.59 Å². The fraction of sp³-hybridized carbons (Fsp3) is 0.385. The zero-order valence-corrected chi connectivity index (χ0v) is 12.1. The number of rotatable bonds is 5. The van der Waals surface area contributed by atoms with Gasteiger partial charge in [0, 0.05) is 18.8 Å². The number of carboxylic acids is 1. The van der Waals surface area contributed by atoms with Crippen LogP contribution < -0.4 is 5.32 Å². The molecule has 0 atom stereocenters. The number of anilines is 1. The molecular weight excluding hydrogens is 303 g/mol. The molecule has 5 nitrogen and oxygen atoms in total. The molecule has 1 heterocycles. The van der Waals surface area contributed by atoms with Crippen LogP contribution in [0.2, 0.25) is 10.0 Å². The Labute approximate surface area is 126 Å². The fourth-order valence-corrected chi connectivity index (χ4v) is 2.46. The van der Waals surface area contributed by atoms with Crippen LogP contribution in [0, 0.1) is 5.92 Å². The monoisotopic (exact) mass is 316 g/mol. The van der Waals surface area contributed by atoms with Gasteiger partial charge in [-0.3, -0.25) is 14.5 Å². The van der Waals surface area contributed by atoms with Gasteiger partial charge in [0.15, 0.2) is 0 Å². The Morgan fingerprint density at radius 1 is 1.30 bits per heavy atom. The second-order valence-corrected chi connectivity index (χ2v) is 5.65. The SMILES string of the molecule is O=C(O)CC1CN(CC(=O)Nc2ccc(Cl)c(Cl)c2)C1. The van der Waals surface area contributed by atoms with Crippen LogP contribution >= 0.6 is 23.2 Å². The number of carbonyl (C=O) groups excluding carboxylic acids is 1. The van der Waals surface area contributed by atoms with E-state index in [9.17, 15) is 9.59 Å². The van der Waals surface area contributed by atoms with Crippen LogP contribution in [-0.4, -0.2) is 41.5 Å². The summed E-state index contributed by atoms with van der Waals surface area (Å²) in [4.78, 5) is 24.2. The molecule has 0 radical (unpaired) electrons. The lowest BCUT2D eigenvalue weighted by Crippen LogP contribution is -2.50. The quantitative estimate of drug-likeness (QED) is 0.874. The first-order valence-electron chi connectivity index (χ1n) is 6.13. The average Bonchev–Trinajstić information content (AvgIpc) is 2.30. The van der Waals surface area contributed by atoms with E-state index in [0.717, 1.165) is 0 Å². The van der Waals surface area contributed by atoms with E-state index in [1.807, 2.05) is 4.90 Å². The van der Waals surface area contributed by atoms with E-state index in [-0.39, 0.29) is 24.8 Å². The first-order valence-corrected chi connectivity index (χ1v) is 6.88. The standard InChI is InChI=1S/C13H14Cl2N2O3/c14-10-2-1-9(4-11(10)15)16-12(18)7-17-5-8(6-17)3-13(19)20/h1-2,4,8H,3,5-7H2,(H,16,18)(H,19,20). The van der Waals surface area contributed by atoms with Crippen molar-refractivity contribution in [3.8, 4) is 0 Å². The van der Waals surface area contributed by atoms with Crippen molar-refractivity contribution in [2.45, 2.75) is 6.42 Å². The Kier molecular flexibility index (Phi) is 4.86. The highest BCUT2D eigenvalue weighted by Crippen LogP contribution is 2.25. The molecule has 1 aromatic carbocycles. The van der Waals surface area contributed by atoms with Crippen LogP contribution in [0.25, 0.3) is 0 Å². The number of hydrogen-bond acceptors (Lipinski definition) is 3. The highest BCUT2D eigenvalue weighted by atomic mass is 35.5. The summed E-state index contributed by atoms with van der Waals surface area (Å²) in [6.45, 7) is 1.53. The van der Waals surface area contributed by atoms with Crippen molar-refractivity contribution in [2.24, 2.45) is 5.92 Å². The van der Waals surface area contributed by atoms with Crippen molar-refractivity contribution < 1.29 is 14.7 Å². The Balaban J connectivity index is 1.76. The number of aliphatic carboxylic acids is 1. The molecule has 1 aromatic rings. The molecule has 0 bridgehead atoms. The van der Waals surface area contributed by atoms with Gasteiger partial charge < -0.3 is 10.4 Å². The normalized spacial score (nSPS) is 15.7. The van der Waals surface area contributed by atoms with Crippen LogP contribution in [0.5, 0.6) is 0 Å². The van der Waals surface area contributed by atoms with E-state index in [2.05, 4.69) is 5.32 Å². The van der Waals surface area contributed by atoms with Crippen molar-refractivity contribution in [1.29, 1.82) is 0 Å². The third-order valence-corrected chi connectivity index (χ3v) is 3.81. The predicted octanol–water partition coefficient (Wildman–Crippen LogP) is 2.34. The molecule has 7 heteroatoms. The van der Waals surface area contributed by atoms with E-state index in [4.69, 9.17) is 28.3 Å². The summed E-state index contributed by atoms with van der Waals surface area (Å²) in [5, 5.41) is 12.2. The van der Waals surface area contributed by atoms with Gasteiger partial charge in [-0.25, -0.2) is 0 Å². The maximum Gasteiger partial charge on any atom is 0.303 e. The molecule has 108 valence electrons. The molecule has 0 unspecified atom stereocenters. The molecular formula is C13H14Cl2N2O3. The summed E-state index contributed by atoms with van der Waals surface area (Å²) in [5.41, 5.74) is 0.590. The number of benzene rings is 1. The number of hydrogen-bond donors (Lipinski definition) is 2. The van der Waals surface area contributed by atoms with Gasteiger partial charge >= 0.3 is 5.97 Å². The number of amides is 1. The number of halogens is 2. The largest absolute Gasteiger partial charge is 0.481 e. The second-order valence-electron chi connectivity index (χ2n) is 4.84. The first kappa shape index (κ1) is 15.1. The topological polar surface area (TPSA) is 69.6 Å². The van der Waals surface area contributed by atoms with Gasteiger partial charge in [0.2, 0.25) is 5.91 Å². The van der Waals surface area contributed by atoms with E-state index in [1.54, 1.807) is 18.2 Å². The summed E-state index contributed by atoms with van der Waals surface area (Å²) in [6, 6.07) is 4.88. The number of likely N-dealkylation sites (tertiary alicyclic amines) is 1. The zero-order valence-electron chi connectivity index (χ0n) is 10.6. The smallest absolute Gasteiger partial charge is 0.303 e. The minimum Gasteiger partial charge on any atom is -0.481 e. The Hall–Kier alpha value is -1.30. The molecule has 1 fully saturated rings. The third-order valence-electron chi connectivity index (χ3n) is 3.07. The van der Waals surface area contributed by atoms with Gasteiger partial charge in [0.25, 0.3) is 0 Å². The zero-order chi connectivity index (χ0) is 14.7. The van der Waals surface area contributed by atoms with Gasteiger partial charge in [0.1, 0.15) is 0 Å². The lowest BCUT2D eigenvalue weighted by atomic mass is 9.96. The molecule has 0 aliphatic carbocycles. The molecule has 2 rings (SSSR count). The first-order chi connectivity index (χ1) is 9.44. The third kappa shape index (κ3) is 4.10. The van der Waals surface area contributed by atoms with Gasteiger partial charge in [-0.05, 0) is 24.1 Å². The Morgan fingerprint density at radius 2 is 2.00 bits per heavy atom. The van der Waals surface area contributed by atoms with Crippen LogP contribution in [0.3, 0.4) is 0 Å². The maximum atomic E-state index is 11.8. The minimum absolute atomic E-state index is 0.144. The fourth-order valence-electron chi connectivity index (χ4n) is 2.16. The van der Waals surface area contributed by atoms with Crippen LogP contribution in [0.1, 0.15) is 6.42 Å². The molecule has 0 aromatic heterocycles. The molecule has 1 saturated heterocycles. The molecule has 1 aliphatic rings. The molecule has 1 amide bonds. The van der Waals surface area contributed by atoms with Gasteiger partial charge in [0.05, 0.1) is 23.0 Å². The van der Waals surface area contributed by atoms with E-state index < -0.39 is 5.97 Å². The summed E-state index contributed by atoms with van der Waals surface area (Å²) < 4.78 is 0. The highest BCUT2D eigenvalue weighted by Gasteiger charge is 2.29. The van der Waals surface area contributed by atoms with Crippen molar-refractivity contribution in [2.75, 3.05) is 25.0 Å². The maximum absolute atomic E-state index is 11.8. The summed E-state index contributed by atoms with van der Waals surface area (Å²) in [6.07, 6.45) is 0.158. The summed E-state index contributed by atoms with van der Waals surface area (Å²) >= 11 is 11.6. The molecule has 0 saturated carbocycles. The number of nitrogens with zero attached hydrogens (tertiary/aromatic N) is 1. The number of carboxylic acid groups (broad SMARTS) is 1. The number of nitrogens with one attached hydrogen (secondary N) is 1. The van der Waals surface area contributed by atoms with Crippen molar-refractivity contribution in [3.63, 3.8) is 0 Å². The minimum atomic E-state index is -0.796. The van der Waals surface area contributed by atoms with E-state index >= 15 is 0 Å². The average molecular weight is 317 g/mol. The van der Waals surface area contributed by atoms with E-state index in [0.29, 0.717) is 28.8 Å². The van der Waals surface area contributed by atoms with Crippen LogP contribution in [0.4, 0.5) is 5.69 Å². The summed E-state index contributed by atoms with van der Waals surface area (Å²) in [7, 11) is 0. The van der Waals surface area contributed by atoms with Crippen molar-refractivity contribution in [1.82, 2.24) is 4.90 Å². The number of carbonyl (C=O) groups is 2. The van der Waals surface area contributed by atoms with Gasteiger partial charge in [-0.1, -0.05) is 23.2 Å². The molecule has 0 spiro atoms. The van der Waals surface area contributed by atoms with Gasteiger partial charge in [-0.2, -0.15) is 0 Å².